The van der Waals surface area contributed by atoms with E-state index in [4.69, 9.17) is 5.11 Å². The van der Waals surface area contributed by atoms with Gasteiger partial charge in [0.15, 0.2) is 0 Å². The SMILES string of the molecule is CC(C(=O)O)N1CCN(c2ncc3ccccc3n2)CC1. The summed E-state index contributed by atoms with van der Waals surface area (Å²) in [6.45, 7) is 4.64. The van der Waals surface area contributed by atoms with Crippen molar-refractivity contribution in [3.63, 3.8) is 0 Å². The number of nitrogens with zero attached hydrogens (tertiary/aromatic N) is 4. The summed E-state index contributed by atoms with van der Waals surface area (Å²) in [6, 6.07) is 7.46. The molecule has 1 saturated heterocycles. The minimum atomic E-state index is -0.773. The van der Waals surface area contributed by atoms with Crippen LogP contribution in [0.1, 0.15) is 6.92 Å². The Hall–Kier alpha value is -2.21. The van der Waals surface area contributed by atoms with Gasteiger partial charge >= 0.3 is 5.97 Å². The predicted octanol–water partition coefficient (Wildman–Crippen LogP) is 1.22. The topological polar surface area (TPSA) is 69.6 Å². The zero-order valence-corrected chi connectivity index (χ0v) is 11.9. The number of carboxylic acid groups (broad SMARTS) is 1. The number of hydrogen-bond acceptors (Lipinski definition) is 5. The quantitative estimate of drug-likeness (QED) is 0.915. The molecule has 2 aromatic rings. The number of fused-ring (bicyclic) bond motifs is 1. The second-order valence-corrected chi connectivity index (χ2v) is 5.27. The molecular formula is C15H18N4O2. The Morgan fingerprint density at radius 3 is 2.67 bits per heavy atom. The summed E-state index contributed by atoms with van der Waals surface area (Å²) < 4.78 is 0. The van der Waals surface area contributed by atoms with Crippen LogP contribution in [0, 0.1) is 0 Å². The predicted molar refractivity (Wildman–Crippen MR) is 80.4 cm³/mol. The van der Waals surface area contributed by atoms with Gasteiger partial charge in [0, 0.05) is 37.8 Å². The van der Waals surface area contributed by atoms with Crippen LogP contribution in [0.4, 0.5) is 5.95 Å². The molecule has 1 fully saturated rings. The first-order chi connectivity index (χ1) is 10.1. The number of piperazine rings is 1. The second-order valence-electron chi connectivity index (χ2n) is 5.27. The molecule has 0 saturated carbocycles. The number of hydrogen-bond donors (Lipinski definition) is 1. The highest BCUT2D eigenvalue weighted by Crippen LogP contribution is 2.17. The van der Waals surface area contributed by atoms with Gasteiger partial charge in [-0.25, -0.2) is 9.97 Å². The van der Waals surface area contributed by atoms with E-state index < -0.39 is 12.0 Å². The largest absolute Gasteiger partial charge is 0.480 e. The van der Waals surface area contributed by atoms with Crippen molar-refractivity contribution in [3.8, 4) is 0 Å². The maximum atomic E-state index is 11.0. The molecule has 6 nitrogen and oxygen atoms in total. The molecule has 1 unspecified atom stereocenters. The lowest BCUT2D eigenvalue weighted by Crippen LogP contribution is -2.52. The monoisotopic (exact) mass is 286 g/mol. The Kier molecular flexibility index (Phi) is 3.70. The zero-order valence-electron chi connectivity index (χ0n) is 11.9. The summed E-state index contributed by atoms with van der Waals surface area (Å²) >= 11 is 0. The smallest absolute Gasteiger partial charge is 0.320 e. The minimum Gasteiger partial charge on any atom is -0.480 e. The molecule has 1 atom stereocenters. The molecule has 110 valence electrons. The summed E-state index contributed by atoms with van der Waals surface area (Å²) in [5, 5.41) is 10.1. The van der Waals surface area contributed by atoms with E-state index in [1.807, 2.05) is 35.4 Å². The van der Waals surface area contributed by atoms with Crippen molar-refractivity contribution in [2.75, 3.05) is 31.1 Å². The normalized spacial score (nSPS) is 17.9. The van der Waals surface area contributed by atoms with Crippen LogP contribution >= 0.6 is 0 Å². The van der Waals surface area contributed by atoms with E-state index in [9.17, 15) is 4.79 Å². The lowest BCUT2D eigenvalue weighted by atomic mass is 10.2. The van der Waals surface area contributed by atoms with Gasteiger partial charge in [0.1, 0.15) is 6.04 Å². The number of para-hydroxylation sites is 1. The summed E-state index contributed by atoms with van der Waals surface area (Å²) in [5.74, 6) is -0.0540. The van der Waals surface area contributed by atoms with Crippen LogP contribution in [0.15, 0.2) is 30.5 Å². The summed E-state index contributed by atoms with van der Waals surface area (Å²) in [7, 11) is 0. The third kappa shape index (κ3) is 2.80. The van der Waals surface area contributed by atoms with Gasteiger partial charge in [-0.3, -0.25) is 9.69 Å². The van der Waals surface area contributed by atoms with Crippen molar-refractivity contribution in [1.82, 2.24) is 14.9 Å². The van der Waals surface area contributed by atoms with Crippen LogP contribution in [-0.2, 0) is 4.79 Å². The fourth-order valence-electron chi connectivity index (χ4n) is 2.58. The summed E-state index contributed by atoms with van der Waals surface area (Å²) in [5.41, 5.74) is 0.934. The Morgan fingerprint density at radius 2 is 1.95 bits per heavy atom. The molecular weight excluding hydrogens is 268 g/mol. The number of anilines is 1. The van der Waals surface area contributed by atoms with Crippen molar-refractivity contribution >= 4 is 22.8 Å². The molecule has 21 heavy (non-hydrogen) atoms. The van der Waals surface area contributed by atoms with Crippen LogP contribution in [0.2, 0.25) is 0 Å². The zero-order chi connectivity index (χ0) is 14.8. The molecule has 0 aliphatic carbocycles. The van der Waals surface area contributed by atoms with Gasteiger partial charge in [0.25, 0.3) is 0 Å². The van der Waals surface area contributed by atoms with Crippen molar-refractivity contribution in [2.24, 2.45) is 0 Å². The van der Waals surface area contributed by atoms with Gasteiger partial charge in [-0.1, -0.05) is 18.2 Å². The van der Waals surface area contributed by atoms with Crippen LogP contribution in [0.5, 0.6) is 0 Å². The average Bonchev–Trinajstić information content (AvgIpc) is 2.54. The van der Waals surface area contributed by atoms with Crippen molar-refractivity contribution in [2.45, 2.75) is 13.0 Å². The van der Waals surface area contributed by atoms with Gasteiger partial charge in [0.2, 0.25) is 5.95 Å². The first-order valence-corrected chi connectivity index (χ1v) is 7.09. The molecule has 2 heterocycles. The van der Waals surface area contributed by atoms with E-state index in [2.05, 4.69) is 14.9 Å². The highest BCUT2D eigenvalue weighted by molar-refractivity contribution is 5.78. The number of aromatic nitrogens is 2. The van der Waals surface area contributed by atoms with Gasteiger partial charge in [0.05, 0.1) is 5.52 Å². The fraction of sp³-hybridized carbons (Fsp3) is 0.400. The number of carboxylic acids is 1. The first kappa shape index (κ1) is 13.8. The molecule has 3 rings (SSSR count). The maximum absolute atomic E-state index is 11.0. The fourth-order valence-corrected chi connectivity index (χ4v) is 2.58. The summed E-state index contributed by atoms with van der Waals surface area (Å²) in [4.78, 5) is 24.1. The lowest BCUT2D eigenvalue weighted by Gasteiger charge is -2.36. The number of rotatable bonds is 3. The number of aliphatic carboxylic acids is 1. The van der Waals surface area contributed by atoms with Crippen LogP contribution in [0.25, 0.3) is 10.9 Å². The van der Waals surface area contributed by atoms with E-state index >= 15 is 0 Å². The van der Waals surface area contributed by atoms with E-state index in [1.165, 1.54) is 0 Å². The van der Waals surface area contributed by atoms with Crippen LogP contribution in [-0.4, -0.2) is 58.2 Å². The molecule has 0 amide bonds. The maximum Gasteiger partial charge on any atom is 0.320 e. The first-order valence-electron chi connectivity index (χ1n) is 7.09. The average molecular weight is 286 g/mol. The standard InChI is InChI=1S/C15H18N4O2/c1-11(14(20)21)18-6-8-19(9-7-18)15-16-10-12-4-2-3-5-13(12)17-15/h2-5,10-11H,6-9H2,1H3,(H,20,21). The number of benzene rings is 1. The Morgan fingerprint density at radius 1 is 1.24 bits per heavy atom. The Bertz CT molecular complexity index is 653. The Balaban J connectivity index is 1.72. The van der Waals surface area contributed by atoms with Crippen molar-refractivity contribution in [1.29, 1.82) is 0 Å². The van der Waals surface area contributed by atoms with Gasteiger partial charge in [-0.2, -0.15) is 0 Å². The Labute approximate surface area is 123 Å². The third-order valence-electron chi connectivity index (χ3n) is 3.98. The van der Waals surface area contributed by atoms with Gasteiger partial charge in [-0.15, -0.1) is 0 Å². The van der Waals surface area contributed by atoms with E-state index in [0.29, 0.717) is 13.1 Å². The molecule has 6 heteroatoms. The molecule has 0 spiro atoms. The third-order valence-corrected chi connectivity index (χ3v) is 3.98. The van der Waals surface area contributed by atoms with Crippen LogP contribution in [0.3, 0.4) is 0 Å². The molecule has 1 aromatic heterocycles. The van der Waals surface area contributed by atoms with Crippen molar-refractivity contribution < 1.29 is 9.90 Å². The van der Waals surface area contributed by atoms with Crippen molar-refractivity contribution in [3.05, 3.63) is 30.5 Å². The van der Waals surface area contributed by atoms with Gasteiger partial charge in [-0.05, 0) is 13.0 Å². The van der Waals surface area contributed by atoms with E-state index in [-0.39, 0.29) is 0 Å². The minimum absolute atomic E-state index is 0.440. The van der Waals surface area contributed by atoms with Gasteiger partial charge < -0.3 is 10.0 Å². The molecule has 1 aliphatic heterocycles. The van der Waals surface area contributed by atoms with Crippen LogP contribution < -0.4 is 4.90 Å². The molecule has 1 aliphatic rings. The summed E-state index contributed by atoms with van der Waals surface area (Å²) in [6.07, 6.45) is 1.84. The molecule has 0 radical (unpaired) electrons. The van der Waals surface area contributed by atoms with E-state index in [1.54, 1.807) is 6.92 Å². The second kappa shape index (κ2) is 5.65. The number of carbonyl (C=O) groups is 1. The molecule has 1 N–H and O–H groups in total. The highest BCUT2D eigenvalue weighted by Gasteiger charge is 2.26. The molecule has 0 bridgehead atoms. The highest BCUT2D eigenvalue weighted by atomic mass is 16.4. The van der Waals surface area contributed by atoms with E-state index in [0.717, 1.165) is 29.9 Å². The lowest BCUT2D eigenvalue weighted by molar-refractivity contribution is -0.142. The molecule has 1 aromatic carbocycles.